The van der Waals surface area contributed by atoms with Crippen LogP contribution in [0, 0.1) is 0 Å². The summed E-state index contributed by atoms with van der Waals surface area (Å²) in [6.45, 7) is 4.40. The number of para-hydroxylation sites is 2. The van der Waals surface area contributed by atoms with Crippen LogP contribution >= 0.6 is 0 Å². The highest BCUT2D eigenvalue weighted by molar-refractivity contribution is 7.89. The Morgan fingerprint density at radius 1 is 1.00 bits per heavy atom. The summed E-state index contributed by atoms with van der Waals surface area (Å²) in [4.78, 5) is 12.7. The Hall–Kier alpha value is -3.48. The Kier molecular flexibility index (Phi) is 6.17. The minimum Gasteiger partial charge on any atom is -0.485 e. The van der Waals surface area contributed by atoms with Gasteiger partial charge in [-0.3, -0.25) is 10.1 Å². The lowest BCUT2D eigenvalue weighted by Crippen LogP contribution is -2.48. The molecular formula is C23H24N4O7S. The van der Waals surface area contributed by atoms with Gasteiger partial charge >= 0.3 is 6.01 Å². The van der Waals surface area contributed by atoms with E-state index >= 15 is 0 Å². The summed E-state index contributed by atoms with van der Waals surface area (Å²) in [5, 5.41) is 10.3. The van der Waals surface area contributed by atoms with Crippen LogP contribution in [-0.2, 0) is 14.8 Å². The number of anilines is 1. The average Bonchev–Trinajstić information content (AvgIpc) is 3.31. The Bertz CT molecular complexity index is 1320. The first kappa shape index (κ1) is 23.3. The van der Waals surface area contributed by atoms with Crippen molar-refractivity contribution in [2.75, 3.05) is 25.0 Å². The first-order chi connectivity index (χ1) is 16.8. The predicted molar refractivity (Wildman–Crippen MR) is 123 cm³/mol. The minimum absolute atomic E-state index is 0.102. The highest BCUT2D eigenvalue weighted by atomic mass is 32.2. The van der Waals surface area contributed by atoms with E-state index in [2.05, 4.69) is 15.5 Å². The van der Waals surface area contributed by atoms with Crippen molar-refractivity contribution in [1.82, 2.24) is 14.5 Å². The van der Waals surface area contributed by atoms with E-state index in [0.29, 0.717) is 11.5 Å². The van der Waals surface area contributed by atoms with Crippen molar-refractivity contribution in [3.05, 3.63) is 60.0 Å². The quantitative estimate of drug-likeness (QED) is 0.561. The minimum atomic E-state index is -3.70. The molecule has 11 nitrogen and oxygen atoms in total. The highest BCUT2D eigenvalue weighted by Gasteiger charge is 2.32. The molecule has 2 aliphatic rings. The molecule has 0 saturated carbocycles. The molecule has 184 valence electrons. The molecule has 3 atom stereocenters. The van der Waals surface area contributed by atoms with E-state index in [0.717, 1.165) is 0 Å². The molecule has 0 aliphatic carbocycles. The van der Waals surface area contributed by atoms with Gasteiger partial charge in [-0.05, 0) is 50.2 Å². The maximum atomic E-state index is 13.0. The first-order valence-corrected chi connectivity index (χ1v) is 12.5. The second-order valence-electron chi connectivity index (χ2n) is 8.37. The van der Waals surface area contributed by atoms with E-state index in [9.17, 15) is 13.2 Å². The van der Waals surface area contributed by atoms with Crippen LogP contribution < -0.4 is 14.8 Å². The number of carbonyl (C=O) groups excluding carboxylic acids is 1. The number of ether oxygens (including phenoxy) is 3. The van der Waals surface area contributed by atoms with Crippen LogP contribution in [0.4, 0.5) is 6.01 Å². The Labute approximate surface area is 202 Å². The third kappa shape index (κ3) is 4.85. The van der Waals surface area contributed by atoms with Crippen LogP contribution in [0.2, 0.25) is 0 Å². The van der Waals surface area contributed by atoms with Crippen LogP contribution in [0.1, 0.15) is 36.2 Å². The smallest absolute Gasteiger partial charge is 0.322 e. The number of nitrogens with zero attached hydrogens (tertiary/aromatic N) is 3. The molecule has 0 spiro atoms. The van der Waals surface area contributed by atoms with Crippen LogP contribution in [-0.4, -0.2) is 60.7 Å². The molecule has 2 aliphatic heterocycles. The van der Waals surface area contributed by atoms with E-state index in [-0.39, 0.29) is 54.3 Å². The fourth-order valence-corrected chi connectivity index (χ4v) is 5.57. The lowest BCUT2D eigenvalue weighted by Gasteiger charge is -2.34. The SMILES string of the molecule is CC1CN(S(=O)(=O)c2ccc(C(=O)Nc3nnc(C4COc5ccccc5O4)o3)cc2)CC(C)O1. The molecule has 1 amide bonds. The Morgan fingerprint density at radius 3 is 2.40 bits per heavy atom. The van der Waals surface area contributed by atoms with Crippen LogP contribution in [0.3, 0.4) is 0 Å². The summed E-state index contributed by atoms with van der Waals surface area (Å²) in [5.74, 6) is 0.817. The van der Waals surface area contributed by atoms with E-state index in [1.807, 2.05) is 26.0 Å². The van der Waals surface area contributed by atoms with Crippen LogP contribution in [0.15, 0.2) is 57.8 Å². The second kappa shape index (κ2) is 9.29. The molecule has 5 rings (SSSR count). The van der Waals surface area contributed by atoms with E-state index < -0.39 is 22.0 Å². The molecule has 3 aromatic rings. The summed E-state index contributed by atoms with van der Waals surface area (Å²) in [6, 6.07) is 12.8. The first-order valence-electron chi connectivity index (χ1n) is 11.1. The van der Waals surface area contributed by atoms with Gasteiger partial charge in [0.05, 0.1) is 17.1 Å². The lowest BCUT2D eigenvalue weighted by atomic mass is 10.2. The van der Waals surface area contributed by atoms with Crippen LogP contribution in [0.25, 0.3) is 0 Å². The summed E-state index contributed by atoms with van der Waals surface area (Å²) in [7, 11) is -3.70. The maximum absolute atomic E-state index is 13.0. The topological polar surface area (TPSA) is 133 Å². The number of benzene rings is 2. The van der Waals surface area contributed by atoms with Gasteiger partial charge in [0.25, 0.3) is 11.8 Å². The van der Waals surface area contributed by atoms with Gasteiger partial charge in [0, 0.05) is 18.7 Å². The van der Waals surface area contributed by atoms with E-state index in [1.165, 1.54) is 28.6 Å². The van der Waals surface area contributed by atoms with Crippen molar-refractivity contribution >= 4 is 21.9 Å². The van der Waals surface area contributed by atoms with E-state index in [4.69, 9.17) is 18.6 Å². The molecule has 35 heavy (non-hydrogen) atoms. The van der Waals surface area contributed by atoms with Gasteiger partial charge in [0.15, 0.2) is 11.5 Å². The van der Waals surface area contributed by atoms with Crippen molar-refractivity contribution in [1.29, 1.82) is 0 Å². The van der Waals surface area contributed by atoms with Gasteiger partial charge in [0.2, 0.25) is 16.1 Å². The molecule has 1 saturated heterocycles. The fraction of sp³-hybridized carbons (Fsp3) is 0.348. The number of hydrogen-bond donors (Lipinski definition) is 1. The molecule has 3 unspecified atom stereocenters. The summed E-state index contributed by atoms with van der Waals surface area (Å²) >= 11 is 0. The van der Waals surface area contributed by atoms with E-state index in [1.54, 1.807) is 12.1 Å². The van der Waals surface area contributed by atoms with Crippen molar-refractivity contribution in [3.63, 3.8) is 0 Å². The number of fused-ring (bicyclic) bond motifs is 1. The molecule has 2 aromatic carbocycles. The number of carbonyl (C=O) groups is 1. The van der Waals surface area contributed by atoms with Gasteiger partial charge < -0.3 is 18.6 Å². The van der Waals surface area contributed by atoms with Gasteiger partial charge in [-0.25, -0.2) is 8.42 Å². The van der Waals surface area contributed by atoms with Gasteiger partial charge in [-0.2, -0.15) is 4.31 Å². The number of rotatable bonds is 5. The zero-order valence-electron chi connectivity index (χ0n) is 19.1. The lowest BCUT2D eigenvalue weighted by molar-refractivity contribution is -0.0440. The largest absolute Gasteiger partial charge is 0.485 e. The second-order valence-corrected chi connectivity index (χ2v) is 10.3. The number of amides is 1. The van der Waals surface area contributed by atoms with Crippen molar-refractivity contribution in [2.45, 2.75) is 37.1 Å². The summed E-state index contributed by atoms with van der Waals surface area (Å²) in [5.41, 5.74) is 0.235. The third-order valence-corrected chi connectivity index (χ3v) is 7.43. The molecule has 3 heterocycles. The standard InChI is InChI=1S/C23H24N4O7S/c1-14-11-27(12-15(2)32-14)35(29,30)17-9-7-16(8-10-17)21(28)24-23-26-25-22(34-23)20-13-31-18-5-3-4-6-19(18)33-20/h3-10,14-15,20H,11-13H2,1-2H3,(H,24,26,28). The average molecular weight is 501 g/mol. The third-order valence-electron chi connectivity index (χ3n) is 5.59. The van der Waals surface area contributed by atoms with Gasteiger partial charge in [0.1, 0.15) is 6.61 Å². The molecule has 1 fully saturated rings. The number of morpholine rings is 1. The zero-order chi connectivity index (χ0) is 24.6. The maximum Gasteiger partial charge on any atom is 0.322 e. The summed E-state index contributed by atoms with van der Waals surface area (Å²) < 4.78 is 50.0. The van der Waals surface area contributed by atoms with Crippen molar-refractivity contribution in [2.24, 2.45) is 0 Å². The fourth-order valence-electron chi connectivity index (χ4n) is 3.98. The van der Waals surface area contributed by atoms with Crippen LogP contribution in [0.5, 0.6) is 11.5 Å². The molecule has 12 heteroatoms. The number of hydrogen-bond acceptors (Lipinski definition) is 9. The monoisotopic (exact) mass is 500 g/mol. The molecule has 0 radical (unpaired) electrons. The number of nitrogens with one attached hydrogen (secondary N) is 1. The highest BCUT2D eigenvalue weighted by Crippen LogP contribution is 2.35. The Balaban J connectivity index is 1.24. The van der Waals surface area contributed by atoms with Crippen molar-refractivity contribution in [3.8, 4) is 11.5 Å². The predicted octanol–water partition coefficient (Wildman–Crippen LogP) is 2.63. The molecule has 1 aromatic heterocycles. The Morgan fingerprint density at radius 2 is 1.69 bits per heavy atom. The molecule has 0 bridgehead atoms. The molecular weight excluding hydrogens is 476 g/mol. The molecule has 1 N–H and O–H groups in total. The summed E-state index contributed by atoms with van der Waals surface area (Å²) in [6.07, 6.45) is -1.01. The number of sulfonamides is 1. The zero-order valence-corrected chi connectivity index (χ0v) is 19.9. The van der Waals surface area contributed by atoms with Gasteiger partial charge in [-0.15, -0.1) is 5.10 Å². The normalized spacial score (nSPS) is 22.5. The van der Waals surface area contributed by atoms with Gasteiger partial charge in [-0.1, -0.05) is 17.2 Å². The van der Waals surface area contributed by atoms with Crippen molar-refractivity contribution < 1.29 is 31.8 Å². The number of aromatic nitrogens is 2.